The summed E-state index contributed by atoms with van der Waals surface area (Å²) in [7, 11) is 0. The van der Waals surface area contributed by atoms with Crippen molar-refractivity contribution >= 4 is 17.5 Å². The van der Waals surface area contributed by atoms with E-state index < -0.39 is 64.6 Å². The molecule has 0 unspecified atom stereocenters. The van der Waals surface area contributed by atoms with Crippen molar-refractivity contribution in [1.29, 1.82) is 0 Å². The number of halogens is 8. The van der Waals surface area contributed by atoms with Crippen LogP contribution in [0.15, 0.2) is 54.7 Å². The predicted octanol–water partition coefficient (Wildman–Crippen LogP) is 5.35. The van der Waals surface area contributed by atoms with Crippen molar-refractivity contribution in [3.63, 3.8) is 0 Å². The number of carbonyl (C=O) groups excluding carboxylic acids is 1. The predicted molar refractivity (Wildman–Crippen MR) is 115 cm³/mol. The highest BCUT2D eigenvalue weighted by molar-refractivity contribution is 5.97. The van der Waals surface area contributed by atoms with Crippen LogP contribution in [0.3, 0.4) is 0 Å². The van der Waals surface area contributed by atoms with Crippen LogP contribution < -0.4 is 11.1 Å². The molecule has 0 fully saturated rings. The third-order valence-electron chi connectivity index (χ3n) is 5.36. The number of pyridine rings is 1. The number of fused-ring (bicyclic) bond motifs is 1. The fourth-order valence-electron chi connectivity index (χ4n) is 3.58. The highest BCUT2D eigenvalue weighted by atomic mass is 19.4. The molecule has 3 N–H and O–H groups in total. The number of anilines is 1. The molecular formula is C23H15F8N5O. The molecule has 2 heterocycles. The van der Waals surface area contributed by atoms with E-state index in [0.717, 1.165) is 30.3 Å². The van der Waals surface area contributed by atoms with E-state index in [-0.39, 0.29) is 17.2 Å². The molecule has 2 aromatic carbocycles. The van der Waals surface area contributed by atoms with Crippen LogP contribution >= 0.6 is 0 Å². The lowest BCUT2D eigenvalue weighted by Crippen LogP contribution is -2.40. The Morgan fingerprint density at radius 2 is 1.70 bits per heavy atom. The van der Waals surface area contributed by atoms with Gasteiger partial charge in [-0.3, -0.25) is 4.79 Å². The molecule has 0 spiro atoms. The molecule has 0 radical (unpaired) electrons. The van der Waals surface area contributed by atoms with E-state index in [1.807, 2.05) is 0 Å². The first-order valence-electron chi connectivity index (χ1n) is 10.4. The Bertz CT molecular complexity index is 1470. The Morgan fingerprint density at radius 1 is 1.03 bits per heavy atom. The van der Waals surface area contributed by atoms with Gasteiger partial charge < -0.3 is 11.1 Å². The van der Waals surface area contributed by atoms with Crippen LogP contribution in [0.25, 0.3) is 16.8 Å². The molecule has 4 rings (SSSR count). The highest BCUT2D eigenvalue weighted by Crippen LogP contribution is 2.38. The van der Waals surface area contributed by atoms with Crippen molar-refractivity contribution in [2.45, 2.75) is 18.3 Å². The van der Waals surface area contributed by atoms with Gasteiger partial charge >= 0.3 is 6.18 Å². The van der Waals surface area contributed by atoms with Gasteiger partial charge in [-0.05, 0) is 41.5 Å². The minimum absolute atomic E-state index is 0.00867. The second kappa shape index (κ2) is 9.33. The van der Waals surface area contributed by atoms with Crippen molar-refractivity contribution < 1.29 is 39.9 Å². The van der Waals surface area contributed by atoms with Crippen molar-refractivity contribution in [2.24, 2.45) is 0 Å². The Labute approximate surface area is 202 Å². The smallest absolute Gasteiger partial charge is 0.366 e. The molecular weight excluding hydrogens is 514 g/mol. The van der Waals surface area contributed by atoms with Gasteiger partial charge in [-0.25, -0.2) is 26.5 Å². The quantitative estimate of drug-likeness (QED) is 0.330. The lowest BCUT2D eigenvalue weighted by Gasteiger charge is -2.22. The third kappa shape index (κ3) is 5.17. The Hall–Kier alpha value is -4.23. The van der Waals surface area contributed by atoms with Crippen molar-refractivity contribution in [3.05, 3.63) is 83.1 Å². The number of nitrogens with two attached hydrogens (primary N) is 1. The number of alkyl halides is 6. The topological polar surface area (TPSA) is 85.3 Å². The molecule has 0 aliphatic heterocycles. The van der Waals surface area contributed by atoms with Crippen LogP contribution in [-0.2, 0) is 6.18 Å². The highest BCUT2D eigenvalue weighted by Gasteiger charge is 2.43. The van der Waals surface area contributed by atoms with Crippen LogP contribution in [0, 0.1) is 11.6 Å². The number of nitrogens with zero attached hydrogens (tertiary/aromatic N) is 3. The molecule has 2 aromatic heterocycles. The van der Waals surface area contributed by atoms with E-state index in [9.17, 15) is 35.5 Å². The first kappa shape index (κ1) is 25.9. The van der Waals surface area contributed by atoms with Gasteiger partial charge in [-0.15, -0.1) is 5.10 Å². The van der Waals surface area contributed by atoms with Crippen LogP contribution in [0.2, 0.25) is 0 Å². The molecule has 1 amide bonds. The zero-order valence-corrected chi connectivity index (χ0v) is 18.3. The third-order valence-corrected chi connectivity index (χ3v) is 5.36. The molecule has 37 heavy (non-hydrogen) atoms. The van der Waals surface area contributed by atoms with Gasteiger partial charge in [0.15, 0.2) is 11.8 Å². The Balaban J connectivity index is 1.67. The molecule has 14 heteroatoms. The van der Waals surface area contributed by atoms with E-state index in [0.29, 0.717) is 6.07 Å². The normalized spacial score (nSPS) is 13.1. The number of hydrogen-bond donors (Lipinski definition) is 2. The number of nitrogens with one attached hydrogen (secondary N) is 1. The lowest BCUT2D eigenvalue weighted by molar-refractivity contribution is -0.138. The number of aromatic nitrogens is 3. The lowest BCUT2D eigenvalue weighted by atomic mass is 9.97. The Kier molecular flexibility index (Phi) is 6.52. The summed E-state index contributed by atoms with van der Waals surface area (Å²) in [6, 6.07) is 6.66. The van der Waals surface area contributed by atoms with Crippen LogP contribution in [0.1, 0.15) is 27.7 Å². The van der Waals surface area contributed by atoms with Gasteiger partial charge in [0, 0.05) is 11.8 Å². The molecule has 0 aliphatic rings. The van der Waals surface area contributed by atoms with Crippen LogP contribution in [-0.4, -0.2) is 33.0 Å². The van der Waals surface area contributed by atoms with Crippen molar-refractivity contribution in [2.75, 3.05) is 12.3 Å². The largest absolute Gasteiger partial charge is 0.417 e. The summed E-state index contributed by atoms with van der Waals surface area (Å²) >= 11 is 0. The summed E-state index contributed by atoms with van der Waals surface area (Å²) in [6.07, 6.45) is -6.96. The van der Waals surface area contributed by atoms with Gasteiger partial charge in [0.2, 0.25) is 5.95 Å². The fraction of sp³-hybridized carbons (Fsp3) is 0.174. The minimum Gasteiger partial charge on any atom is -0.366 e. The number of hydrogen-bond acceptors (Lipinski definition) is 4. The molecule has 0 aliphatic carbocycles. The van der Waals surface area contributed by atoms with Gasteiger partial charge in [-0.2, -0.15) is 18.2 Å². The van der Waals surface area contributed by atoms with Crippen LogP contribution in [0.5, 0.6) is 0 Å². The molecule has 0 saturated carbocycles. The summed E-state index contributed by atoms with van der Waals surface area (Å²) in [6.45, 7) is -1.77. The summed E-state index contributed by atoms with van der Waals surface area (Å²) in [5.41, 5.74) is 1.21. The first-order chi connectivity index (χ1) is 17.3. The molecule has 4 aromatic rings. The minimum atomic E-state index is -5.23. The number of amides is 1. The maximum Gasteiger partial charge on any atom is 0.417 e. The Morgan fingerprint density at radius 3 is 2.35 bits per heavy atom. The molecule has 0 bridgehead atoms. The van der Waals surface area contributed by atoms with Gasteiger partial charge in [0.1, 0.15) is 11.6 Å². The van der Waals surface area contributed by atoms with E-state index in [1.54, 1.807) is 0 Å². The fourth-order valence-corrected chi connectivity index (χ4v) is 3.58. The first-order valence-corrected chi connectivity index (χ1v) is 10.4. The standard InChI is InChI=1S/C23H15F8N5O/c24-13-3-1-11(2-4-13)19(26)22(27,28)10-33-20(37)17-15(23(29,30)31)6-5-14(18(17)25)12-7-8-36-16(9-12)34-21(32)35-36/h1-9,19H,10H2,(H2,32,35)(H,33,37)/t19-/m1/s1. The second-order valence-corrected chi connectivity index (χ2v) is 7.89. The summed E-state index contributed by atoms with van der Waals surface area (Å²) in [5, 5.41) is 5.29. The number of nitrogen functional groups attached to an aromatic ring is 1. The maximum absolute atomic E-state index is 15.4. The maximum atomic E-state index is 15.4. The summed E-state index contributed by atoms with van der Waals surface area (Å²) in [4.78, 5) is 16.4. The number of rotatable bonds is 6. The van der Waals surface area contributed by atoms with Gasteiger partial charge in [-0.1, -0.05) is 18.2 Å². The monoisotopic (exact) mass is 529 g/mol. The molecule has 0 saturated heterocycles. The summed E-state index contributed by atoms with van der Waals surface area (Å²) < 4.78 is 113. The molecule has 1 atom stereocenters. The second-order valence-electron chi connectivity index (χ2n) is 7.89. The molecule has 6 nitrogen and oxygen atoms in total. The van der Waals surface area contributed by atoms with Gasteiger partial charge in [0.05, 0.1) is 17.7 Å². The summed E-state index contributed by atoms with van der Waals surface area (Å²) in [5.74, 6) is -8.75. The van der Waals surface area contributed by atoms with Crippen LogP contribution in [0.4, 0.5) is 41.1 Å². The SMILES string of the molecule is Nc1nc2cc(-c3ccc(C(F)(F)F)c(C(=O)NCC(F)(F)[C@H](F)c4ccc(F)cc4)c3F)ccn2n1. The van der Waals surface area contributed by atoms with Crippen molar-refractivity contribution in [1.82, 2.24) is 19.9 Å². The van der Waals surface area contributed by atoms with E-state index in [1.165, 1.54) is 28.2 Å². The zero-order chi connectivity index (χ0) is 27.1. The number of carbonyl (C=O) groups is 1. The molecule has 194 valence electrons. The van der Waals surface area contributed by atoms with E-state index in [4.69, 9.17) is 5.73 Å². The average molecular weight is 529 g/mol. The van der Waals surface area contributed by atoms with E-state index in [2.05, 4.69) is 10.1 Å². The average Bonchev–Trinajstić information content (AvgIpc) is 3.21. The van der Waals surface area contributed by atoms with Crippen molar-refractivity contribution in [3.8, 4) is 11.1 Å². The zero-order valence-electron chi connectivity index (χ0n) is 18.3. The van der Waals surface area contributed by atoms with E-state index >= 15 is 4.39 Å². The number of benzene rings is 2. The van der Waals surface area contributed by atoms with Gasteiger partial charge in [0.25, 0.3) is 11.8 Å².